The van der Waals surface area contributed by atoms with Crippen molar-refractivity contribution in [2.75, 3.05) is 11.9 Å². The Bertz CT molecular complexity index is 617. The number of halogens is 2. The van der Waals surface area contributed by atoms with Gasteiger partial charge in [0, 0.05) is 19.3 Å². The van der Waals surface area contributed by atoms with Crippen LogP contribution in [0.1, 0.15) is 11.1 Å². The largest absolute Gasteiger partial charge is 0.370 e. The molecular formula is C15H12BrFN2. The lowest BCUT2D eigenvalue weighted by Gasteiger charge is -2.20. The Balaban J connectivity index is 2.18. The van der Waals surface area contributed by atoms with E-state index in [1.807, 2.05) is 30.1 Å². The summed E-state index contributed by atoms with van der Waals surface area (Å²) < 4.78 is 13.9. The summed E-state index contributed by atoms with van der Waals surface area (Å²) in [4.78, 5) is 2.00. The van der Waals surface area contributed by atoms with Gasteiger partial charge in [0.2, 0.25) is 0 Å². The number of hydrogen-bond donors (Lipinski definition) is 0. The van der Waals surface area contributed by atoms with E-state index in [1.54, 1.807) is 18.2 Å². The standard InChI is InChI=1S/C15H12BrFN2/c1-19(13-7-5-11(9-18)6-8-13)10-12-3-2-4-14(17)15(12)16/h2-8H,10H2,1H3. The summed E-state index contributed by atoms with van der Waals surface area (Å²) in [5.41, 5.74) is 2.49. The Morgan fingerprint density at radius 1 is 1.21 bits per heavy atom. The number of hydrogen-bond acceptors (Lipinski definition) is 2. The molecule has 0 saturated carbocycles. The maximum absolute atomic E-state index is 13.4. The lowest BCUT2D eigenvalue weighted by Crippen LogP contribution is -2.16. The highest BCUT2D eigenvalue weighted by Gasteiger charge is 2.08. The Kier molecular flexibility index (Phi) is 4.18. The van der Waals surface area contributed by atoms with Gasteiger partial charge in [0.15, 0.2) is 0 Å². The summed E-state index contributed by atoms with van der Waals surface area (Å²) in [5, 5.41) is 8.76. The minimum Gasteiger partial charge on any atom is -0.370 e. The van der Waals surface area contributed by atoms with E-state index < -0.39 is 0 Å². The highest BCUT2D eigenvalue weighted by Crippen LogP contribution is 2.23. The monoisotopic (exact) mass is 318 g/mol. The molecule has 2 aromatic rings. The highest BCUT2D eigenvalue weighted by molar-refractivity contribution is 9.10. The Morgan fingerprint density at radius 2 is 1.89 bits per heavy atom. The third-order valence-electron chi connectivity index (χ3n) is 2.88. The van der Waals surface area contributed by atoms with Gasteiger partial charge < -0.3 is 4.90 Å². The van der Waals surface area contributed by atoms with Gasteiger partial charge in [0.25, 0.3) is 0 Å². The van der Waals surface area contributed by atoms with E-state index in [2.05, 4.69) is 22.0 Å². The van der Waals surface area contributed by atoms with E-state index >= 15 is 0 Å². The third kappa shape index (κ3) is 3.12. The number of benzene rings is 2. The summed E-state index contributed by atoms with van der Waals surface area (Å²) in [6, 6.07) is 14.4. The first-order chi connectivity index (χ1) is 9.11. The summed E-state index contributed by atoms with van der Waals surface area (Å²) >= 11 is 3.26. The average molecular weight is 319 g/mol. The smallest absolute Gasteiger partial charge is 0.137 e. The number of nitriles is 1. The molecule has 0 atom stereocenters. The zero-order chi connectivity index (χ0) is 13.8. The molecule has 19 heavy (non-hydrogen) atoms. The Labute approximate surface area is 120 Å². The van der Waals surface area contributed by atoms with Crippen molar-refractivity contribution in [2.24, 2.45) is 0 Å². The van der Waals surface area contributed by atoms with Crippen LogP contribution in [0.5, 0.6) is 0 Å². The van der Waals surface area contributed by atoms with Crippen LogP contribution in [0.3, 0.4) is 0 Å². The van der Waals surface area contributed by atoms with E-state index in [0.29, 0.717) is 16.6 Å². The third-order valence-corrected chi connectivity index (χ3v) is 3.76. The molecule has 96 valence electrons. The molecule has 0 amide bonds. The Morgan fingerprint density at radius 3 is 2.53 bits per heavy atom. The molecule has 0 aliphatic heterocycles. The van der Waals surface area contributed by atoms with Gasteiger partial charge >= 0.3 is 0 Å². The van der Waals surface area contributed by atoms with Crippen molar-refractivity contribution in [1.29, 1.82) is 5.26 Å². The van der Waals surface area contributed by atoms with Gasteiger partial charge in [-0.05, 0) is 51.8 Å². The normalized spacial score (nSPS) is 10.0. The van der Waals surface area contributed by atoms with Crippen LogP contribution in [0.4, 0.5) is 10.1 Å². The van der Waals surface area contributed by atoms with Gasteiger partial charge in [-0.15, -0.1) is 0 Å². The van der Waals surface area contributed by atoms with E-state index in [-0.39, 0.29) is 5.82 Å². The van der Waals surface area contributed by atoms with Crippen molar-refractivity contribution in [3.05, 3.63) is 63.9 Å². The molecule has 2 rings (SSSR count). The summed E-state index contributed by atoms with van der Waals surface area (Å²) in [6.07, 6.45) is 0. The second-order valence-corrected chi connectivity index (χ2v) is 5.02. The van der Waals surface area contributed by atoms with Gasteiger partial charge in [0.1, 0.15) is 5.82 Å². The van der Waals surface area contributed by atoms with Gasteiger partial charge in [-0.1, -0.05) is 12.1 Å². The molecular weight excluding hydrogens is 307 g/mol. The van der Waals surface area contributed by atoms with Crippen molar-refractivity contribution in [3.63, 3.8) is 0 Å². The molecule has 0 spiro atoms. The fraction of sp³-hybridized carbons (Fsp3) is 0.133. The van der Waals surface area contributed by atoms with Crippen LogP contribution in [-0.2, 0) is 6.54 Å². The Hall–Kier alpha value is -1.86. The lowest BCUT2D eigenvalue weighted by atomic mass is 10.2. The molecule has 0 heterocycles. The quantitative estimate of drug-likeness (QED) is 0.852. The number of anilines is 1. The van der Waals surface area contributed by atoms with Crippen LogP contribution in [0.25, 0.3) is 0 Å². The van der Waals surface area contributed by atoms with Gasteiger partial charge in [-0.2, -0.15) is 5.26 Å². The van der Waals surface area contributed by atoms with Crippen molar-refractivity contribution in [2.45, 2.75) is 6.54 Å². The average Bonchev–Trinajstić information content (AvgIpc) is 2.44. The zero-order valence-electron chi connectivity index (χ0n) is 10.4. The molecule has 0 aliphatic carbocycles. The molecule has 0 bridgehead atoms. The van der Waals surface area contributed by atoms with Crippen LogP contribution in [0.2, 0.25) is 0 Å². The van der Waals surface area contributed by atoms with Gasteiger partial charge in [0.05, 0.1) is 16.1 Å². The van der Waals surface area contributed by atoms with E-state index in [9.17, 15) is 4.39 Å². The molecule has 4 heteroatoms. The first-order valence-corrected chi connectivity index (χ1v) is 6.55. The fourth-order valence-corrected chi connectivity index (χ4v) is 2.20. The van der Waals surface area contributed by atoms with Crippen LogP contribution in [-0.4, -0.2) is 7.05 Å². The van der Waals surface area contributed by atoms with Crippen LogP contribution in [0, 0.1) is 17.1 Å². The van der Waals surface area contributed by atoms with E-state index in [1.165, 1.54) is 6.07 Å². The second-order valence-electron chi connectivity index (χ2n) is 4.23. The summed E-state index contributed by atoms with van der Waals surface area (Å²) in [5.74, 6) is -0.259. The molecule has 0 unspecified atom stereocenters. The molecule has 0 fully saturated rings. The van der Waals surface area contributed by atoms with Crippen molar-refractivity contribution in [3.8, 4) is 6.07 Å². The molecule has 0 N–H and O–H groups in total. The summed E-state index contributed by atoms with van der Waals surface area (Å²) in [7, 11) is 1.93. The molecule has 0 aromatic heterocycles. The SMILES string of the molecule is CN(Cc1cccc(F)c1Br)c1ccc(C#N)cc1. The van der Waals surface area contributed by atoms with E-state index in [0.717, 1.165) is 11.3 Å². The lowest BCUT2D eigenvalue weighted by molar-refractivity contribution is 0.617. The zero-order valence-corrected chi connectivity index (χ0v) is 12.0. The van der Waals surface area contributed by atoms with Crippen LogP contribution < -0.4 is 4.90 Å². The fourth-order valence-electron chi connectivity index (χ4n) is 1.81. The van der Waals surface area contributed by atoms with Crippen LogP contribution >= 0.6 is 15.9 Å². The summed E-state index contributed by atoms with van der Waals surface area (Å²) in [6.45, 7) is 0.588. The van der Waals surface area contributed by atoms with Crippen molar-refractivity contribution >= 4 is 21.6 Å². The van der Waals surface area contributed by atoms with Crippen molar-refractivity contribution < 1.29 is 4.39 Å². The molecule has 0 saturated heterocycles. The van der Waals surface area contributed by atoms with Gasteiger partial charge in [-0.25, -0.2) is 4.39 Å². The highest BCUT2D eigenvalue weighted by atomic mass is 79.9. The number of nitrogens with zero attached hydrogens (tertiary/aromatic N) is 2. The predicted molar refractivity (Wildman–Crippen MR) is 77.4 cm³/mol. The maximum atomic E-state index is 13.4. The minimum atomic E-state index is -0.259. The van der Waals surface area contributed by atoms with E-state index in [4.69, 9.17) is 5.26 Å². The molecule has 0 radical (unpaired) electrons. The van der Waals surface area contributed by atoms with Crippen molar-refractivity contribution in [1.82, 2.24) is 0 Å². The minimum absolute atomic E-state index is 0.259. The van der Waals surface area contributed by atoms with Crippen LogP contribution in [0.15, 0.2) is 46.9 Å². The second kappa shape index (κ2) is 5.85. The topological polar surface area (TPSA) is 27.0 Å². The first kappa shape index (κ1) is 13.6. The molecule has 0 aliphatic rings. The molecule has 2 nitrogen and oxygen atoms in total. The molecule has 2 aromatic carbocycles. The van der Waals surface area contributed by atoms with Gasteiger partial charge in [-0.3, -0.25) is 0 Å². The maximum Gasteiger partial charge on any atom is 0.137 e. The predicted octanol–water partition coefficient (Wildman–Crippen LogP) is 4.10. The number of rotatable bonds is 3. The first-order valence-electron chi connectivity index (χ1n) is 5.76.